The minimum Gasteiger partial charge on any atom is -0.466 e. The lowest BCUT2D eigenvalue weighted by Crippen LogP contribution is -2.29. The number of nitrogens with zero attached hydrogens (tertiary/aromatic N) is 1. The van der Waals surface area contributed by atoms with Gasteiger partial charge in [0.2, 0.25) is 0 Å². The number of aliphatic hydroxyl groups is 2. The van der Waals surface area contributed by atoms with Gasteiger partial charge in [0.1, 0.15) is 0 Å². The molecule has 0 amide bonds. The fraction of sp³-hybridized carbons (Fsp3) is 0.911. The summed E-state index contributed by atoms with van der Waals surface area (Å²) in [5.74, 6) is 1.32. The van der Waals surface area contributed by atoms with E-state index in [1.807, 2.05) is 0 Å². The molecule has 64 heavy (non-hydrogen) atoms. The molecule has 0 aliphatic rings. The number of aliphatic hydroxyl groups excluding tert-OH is 2. The lowest BCUT2D eigenvalue weighted by molar-refractivity contribution is -0.156. The number of allylic oxidation sites excluding steroid dienone is 4. The summed E-state index contributed by atoms with van der Waals surface area (Å²) < 4.78 is 24.1. The average Bonchev–Trinajstić information content (AvgIpc) is 3.30. The van der Waals surface area contributed by atoms with Gasteiger partial charge in [-0.2, -0.15) is 0 Å². The van der Waals surface area contributed by atoms with E-state index in [1.165, 1.54) is 135 Å². The second-order valence-corrected chi connectivity index (χ2v) is 18.8. The molecule has 1 unspecified atom stereocenters. The second kappa shape index (κ2) is 51.1. The Morgan fingerprint density at radius 1 is 0.469 bits per heavy atom. The van der Waals surface area contributed by atoms with Gasteiger partial charge in [0.05, 0.1) is 13.2 Å². The van der Waals surface area contributed by atoms with Gasteiger partial charge < -0.3 is 34.1 Å². The summed E-state index contributed by atoms with van der Waals surface area (Å²) in [4.78, 5) is 14.9. The van der Waals surface area contributed by atoms with Crippen molar-refractivity contribution >= 4 is 5.97 Å². The van der Waals surface area contributed by atoms with Crippen molar-refractivity contribution in [1.82, 2.24) is 4.90 Å². The maximum absolute atomic E-state index is 12.6. The zero-order chi connectivity index (χ0) is 46.8. The van der Waals surface area contributed by atoms with Gasteiger partial charge in [0.25, 0.3) is 0 Å². The highest BCUT2D eigenvalue weighted by molar-refractivity contribution is 5.69. The number of hydrogen-bond donors (Lipinski definition) is 2. The molecule has 8 nitrogen and oxygen atoms in total. The highest BCUT2D eigenvalue weighted by Gasteiger charge is 2.16. The SMILES string of the molecule is CCCCC/C=C\C/C=C\CCCCCCCCOC(O)CCCCN(CCO)CCCCC(=O)OCCCC(OCCC(CCCC)CCCC)OCCC(CCCC)CCCC. The van der Waals surface area contributed by atoms with Crippen molar-refractivity contribution in [2.75, 3.05) is 52.7 Å². The van der Waals surface area contributed by atoms with Gasteiger partial charge in [-0.05, 0) is 115 Å². The van der Waals surface area contributed by atoms with Crippen molar-refractivity contribution in [3.05, 3.63) is 24.3 Å². The van der Waals surface area contributed by atoms with Crippen LogP contribution in [0.2, 0.25) is 0 Å². The van der Waals surface area contributed by atoms with Gasteiger partial charge in [-0.3, -0.25) is 4.79 Å². The summed E-state index contributed by atoms with van der Waals surface area (Å²) in [5, 5.41) is 20.0. The van der Waals surface area contributed by atoms with E-state index < -0.39 is 6.29 Å². The second-order valence-electron chi connectivity index (χ2n) is 18.8. The fourth-order valence-electron chi connectivity index (χ4n) is 8.42. The molecular formula is C56H109NO7. The Labute approximate surface area is 397 Å². The predicted molar refractivity (Wildman–Crippen MR) is 273 cm³/mol. The lowest BCUT2D eigenvalue weighted by atomic mass is 9.93. The first-order chi connectivity index (χ1) is 31.4. The summed E-state index contributed by atoms with van der Waals surface area (Å²) in [7, 11) is 0. The third kappa shape index (κ3) is 44.5. The van der Waals surface area contributed by atoms with Crippen LogP contribution in [0.25, 0.3) is 0 Å². The zero-order valence-electron chi connectivity index (χ0n) is 43.2. The minimum atomic E-state index is -0.701. The number of carbonyl (C=O) groups is 1. The molecule has 0 radical (unpaired) electrons. The van der Waals surface area contributed by atoms with E-state index in [1.54, 1.807) is 0 Å². The molecule has 0 aliphatic carbocycles. The Kier molecular flexibility index (Phi) is 50.1. The van der Waals surface area contributed by atoms with E-state index in [9.17, 15) is 15.0 Å². The quantitative estimate of drug-likeness (QED) is 0.0270. The monoisotopic (exact) mass is 908 g/mol. The number of rotatable bonds is 52. The van der Waals surface area contributed by atoms with Crippen molar-refractivity contribution in [3.8, 4) is 0 Å². The Bertz CT molecular complexity index is 950. The molecule has 0 rings (SSSR count). The summed E-state index contributed by atoms with van der Waals surface area (Å²) in [6, 6.07) is 0. The minimum absolute atomic E-state index is 0.118. The molecule has 0 fully saturated rings. The largest absolute Gasteiger partial charge is 0.466 e. The van der Waals surface area contributed by atoms with Crippen LogP contribution >= 0.6 is 0 Å². The lowest BCUT2D eigenvalue weighted by Gasteiger charge is -2.23. The molecule has 8 heteroatoms. The first kappa shape index (κ1) is 62.7. The van der Waals surface area contributed by atoms with Crippen LogP contribution in [-0.2, 0) is 23.7 Å². The van der Waals surface area contributed by atoms with Crippen molar-refractivity contribution in [2.24, 2.45) is 11.8 Å². The highest BCUT2D eigenvalue weighted by Crippen LogP contribution is 2.23. The standard InChI is InChI=1S/C56H109NO7/c1-6-11-16-17-18-19-20-21-22-23-24-25-26-27-28-33-48-61-54(59)39-29-31-44-57(46-47-58)45-32-30-40-55(60)62-49-34-41-56(63-50-42-52(35-12-7-2)36-13-8-3)64-51-43-53(37-14-9-4)38-15-10-5/h18-19,21-22,52-54,56,58-59H,6-17,20,23-51H2,1-5H3/b19-18-,22-21-. The van der Waals surface area contributed by atoms with Crippen LogP contribution in [0.3, 0.4) is 0 Å². The van der Waals surface area contributed by atoms with Gasteiger partial charge in [0.15, 0.2) is 12.6 Å². The smallest absolute Gasteiger partial charge is 0.305 e. The van der Waals surface area contributed by atoms with Crippen LogP contribution in [0, 0.1) is 11.8 Å². The highest BCUT2D eigenvalue weighted by atomic mass is 16.7. The van der Waals surface area contributed by atoms with E-state index in [0.717, 1.165) is 109 Å². The molecule has 0 aliphatic heterocycles. The topological polar surface area (TPSA) is 97.7 Å². The average molecular weight is 908 g/mol. The van der Waals surface area contributed by atoms with E-state index in [2.05, 4.69) is 63.8 Å². The van der Waals surface area contributed by atoms with Crippen LogP contribution < -0.4 is 0 Å². The molecule has 0 bridgehead atoms. The molecule has 0 saturated heterocycles. The van der Waals surface area contributed by atoms with Gasteiger partial charge in [-0.1, -0.05) is 174 Å². The van der Waals surface area contributed by atoms with E-state index in [0.29, 0.717) is 32.6 Å². The molecule has 0 aromatic rings. The van der Waals surface area contributed by atoms with E-state index in [-0.39, 0.29) is 18.9 Å². The summed E-state index contributed by atoms with van der Waals surface area (Å²) in [5.41, 5.74) is 0. The Morgan fingerprint density at radius 3 is 1.53 bits per heavy atom. The number of ether oxygens (including phenoxy) is 4. The van der Waals surface area contributed by atoms with Crippen molar-refractivity contribution in [3.63, 3.8) is 0 Å². The first-order valence-electron chi connectivity index (χ1n) is 27.7. The summed E-state index contributed by atoms with van der Waals surface area (Å²) in [6.45, 7) is 16.3. The number of carbonyl (C=O) groups excluding carboxylic acids is 1. The Balaban J connectivity index is 4.29. The van der Waals surface area contributed by atoms with Crippen molar-refractivity contribution in [1.29, 1.82) is 0 Å². The maximum atomic E-state index is 12.6. The molecule has 380 valence electrons. The number of hydrogen-bond acceptors (Lipinski definition) is 8. The molecule has 0 spiro atoms. The van der Waals surface area contributed by atoms with Crippen LogP contribution in [0.4, 0.5) is 0 Å². The van der Waals surface area contributed by atoms with Crippen LogP contribution in [0.15, 0.2) is 24.3 Å². The number of unbranched alkanes of at least 4 members (excludes halogenated alkanes) is 15. The fourth-order valence-corrected chi connectivity index (χ4v) is 8.42. The molecule has 2 N–H and O–H groups in total. The Morgan fingerprint density at radius 2 is 0.984 bits per heavy atom. The summed E-state index contributed by atoms with van der Waals surface area (Å²) in [6.07, 6.45) is 46.4. The van der Waals surface area contributed by atoms with Crippen molar-refractivity contribution < 1.29 is 34.0 Å². The van der Waals surface area contributed by atoms with E-state index in [4.69, 9.17) is 18.9 Å². The van der Waals surface area contributed by atoms with Crippen LogP contribution in [-0.4, -0.2) is 86.3 Å². The Hall–Kier alpha value is -1.29. The third-order valence-electron chi connectivity index (χ3n) is 12.7. The van der Waals surface area contributed by atoms with Gasteiger partial charge in [0, 0.05) is 39.2 Å². The zero-order valence-corrected chi connectivity index (χ0v) is 43.2. The third-order valence-corrected chi connectivity index (χ3v) is 12.7. The number of esters is 1. The van der Waals surface area contributed by atoms with Gasteiger partial charge in [-0.25, -0.2) is 0 Å². The molecule has 0 aromatic heterocycles. The van der Waals surface area contributed by atoms with Crippen LogP contribution in [0.5, 0.6) is 0 Å². The normalized spacial score (nSPS) is 12.7. The maximum Gasteiger partial charge on any atom is 0.305 e. The molecule has 0 aromatic carbocycles. The first-order valence-corrected chi connectivity index (χ1v) is 27.7. The van der Waals surface area contributed by atoms with Crippen LogP contribution in [0.1, 0.15) is 253 Å². The van der Waals surface area contributed by atoms with Crippen molar-refractivity contribution in [2.45, 2.75) is 266 Å². The summed E-state index contributed by atoms with van der Waals surface area (Å²) >= 11 is 0. The molecular weight excluding hydrogens is 799 g/mol. The van der Waals surface area contributed by atoms with Gasteiger partial charge in [-0.15, -0.1) is 0 Å². The molecule has 0 heterocycles. The molecule has 0 saturated carbocycles. The van der Waals surface area contributed by atoms with Gasteiger partial charge >= 0.3 is 5.97 Å². The predicted octanol–water partition coefficient (Wildman–Crippen LogP) is 15.2. The molecule has 1 atom stereocenters. The van der Waals surface area contributed by atoms with E-state index >= 15 is 0 Å².